The van der Waals surface area contributed by atoms with Gasteiger partial charge in [-0.05, 0) is 86.9 Å². The predicted molar refractivity (Wildman–Crippen MR) is 140 cm³/mol. The zero-order chi connectivity index (χ0) is 28.7. The fourth-order valence-corrected chi connectivity index (χ4v) is 4.95. The number of aromatic nitrogens is 2. The van der Waals surface area contributed by atoms with E-state index < -0.39 is 51.7 Å². The third kappa shape index (κ3) is 5.37. The average molecular weight is 538 g/mol. The number of nitrogens with one attached hydrogen (secondary N) is 1. The van der Waals surface area contributed by atoms with E-state index in [1.54, 1.807) is 19.2 Å². The lowest BCUT2D eigenvalue weighted by atomic mass is 9.68. The minimum absolute atomic E-state index is 0.0652. The number of hydrogen-bond acceptors (Lipinski definition) is 6. The molecule has 0 saturated heterocycles. The van der Waals surface area contributed by atoms with Crippen molar-refractivity contribution in [1.29, 1.82) is 5.26 Å². The number of nitrogens with zero attached hydrogens (tertiary/aromatic N) is 3. The lowest BCUT2D eigenvalue weighted by Crippen LogP contribution is -2.54. The summed E-state index contributed by atoms with van der Waals surface area (Å²) in [6.07, 6.45) is 4.17. The number of pyridine rings is 2. The molecule has 2 aromatic heterocycles. The Hall–Kier alpha value is -3.81. The van der Waals surface area contributed by atoms with Crippen molar-refractivity contribution in [2.45, 2.75) is 63.5 Å². The van der Waals surface area contributed by atoms with Crippen molar-refractivity contribution in [2.75, 3.05) is 5.32 Å². The van der Waals surface area contributed by atoms with Crippen LogP contribution in [0.2, 0.25) is 0 Å². The predicted octanol–water partition coefficient (Wildman–Crippen LogP) is 5.21. The first kappa shape index (κ1) is 28.2. The van der Waals surface area contributed by atoms with Crippen molar-refractivity contribution in [1.82, 2.24) is 9.97 Å². The molecule has 1 amide bonds. The van der Waals surface area contributed by atoms with Crippen molar-refractivity contribution >= 4 is 11.6 Å². The largest absolute Gasteiger partial charge is 0.388 e. The van der Waals surface area contributed by atoms with E-state index in [4.69, 9.17) is 5.73 Å². The molecule has 1 aliphatic carbocycles. The summed E-state index contributed by atoms with van der Waals surface area (Å²) in [6, 6.07) is 7.21. The lowest BCUT2D eigenvalue weighted by molar-refractivity contribution is -0.0463. The van der Waals surface area contributed by atoms with Crippen LogP contribution in [0, 0.1) is 34.7 Å². The molecule has 1 saturated carbocycles. The Balaban J connectivity index is 1.65. The van der Waals surface area contributed by atoms with Crippen LogP contribution in [0.5, 0.6) is 0 Å². The Morgan fingerprint density at radius 2 is 1.85 bits per heavy atom. The first-order valence-corrected chi connectivity index (χ1v) is 12.6. The maximum absolute atomic E-state index is 15.0. The zero-order valence-electron chi connectivity index (χ0n) is 22.1. The van der Waals surface area contributed by atoms with Gasteiger partial charge in [0, 0.05) is 12.2 Å². The highest BCUT2D eigenvalue weighted by atomic mass is 19.1. The van der Waals surface area contributed by atoms with E-state index in [0.29, 0.717) is 18.5 Å². The first-order valence-electron chi connectivity index (χ1n) is 12.6. The van der Waals surface area contributed by atoms with E-state index in [1.165, 1.54) is 20.0 Å². The van der Waals surface area contributed by atoms with E-state index in [-0.39, 0.29) is 23.1 Å². The second-order valence-electron chi connectivity index (χ2n) is 10.9. The van der Waals surface area contributed by atoms with Gasteiger partial charge in [-0.1, -0.05) is 6.92 Å². The van der Waals surface area contributed by atoms with E-state index >= 15 is 8.78 Å². The molecule has 0 spiro atoms. The van der Waals surface area contributed by atoms with Crippen molar-refractivity contribution in [3.8, 4) is 17.3 Å². The minimum atomic E-state index is -1.18. The molecule has 0 bridgehead atoms. The maximum atomic E-state index is 15.0. The van der Waals surface area contributed by atoms with Crippen LogP contribution < -0.4 is 11.1 Å². The van der Waals surface area contributed by atoms with Gasteiger partial charge < -0.3 is 16.2 Å². The third-order valence-electron chi connectivity index (χ3n) is 7.83. The summed E-state index contributed by atoms with van der Waals surface area (Å²) in [5.74, 6) is -4.12. The summed E-state index contributed by atoms with van der Waals surface area (Å²) in [6.45, 7) is 6.64. The zero-order valence-corrected chi connectivity index (χ0v) is 22.1. The van der Waals surface area contributed by atoms with Gasteiger partial charge in [0.15, 0.2) is 0 Å². The van der Waals surface area contributed by atoms with Gasteiger partial charge in [0.25, 0.3) is 5.91 Å². The van der Waals surface area contributed by atoms with Gasteiger partial charge >= 0.3 is 0 Å². The van der Waals surface area contributed by atoms with E-state index in [0.717, 1.165) is 29.8 Å². The van der Waals surface area contributed by atoms with Gasteiger partial charge in [0.2, 0.25) is 0 Å². The summed E-state index contributed by atoms with van der Waals surface area (Å²) in [4.78, 5) is 21.2. The number of carbonyl (C=O) groups excluding carboxylic acids is 1. The second kappa shape index (κ2) is 10.4. The van der Waals surface area contributed by atoms with E-state index in [1.807, 2.05) is 13.0 Å². The SMILES string of the molecule is C[C@H]1C[C@@H](c2ccncc2NC(=O)c2ccc(F)c(-c3c(F)cc(C(C)(C)C#N)cc3F)n2)C[C@@H](N)[C@]1(C)O. The van der Waals surface area contributed by atoms with Gasteiger partial charge in [-0.25, -0.2) is 18.2 Å². The quantitative estimate of drug-likeness (QED) is 0.411. The van der Waals surface area contributed by atoms with Crippen molar-refractivity contribution in [3.63, 3.8) is 0 Å². The van der Waals surface area contributed by atoms with Crippen LogP contribution in [0.25, 0.3) is 11.3 Å². The number of anilines is 1. The molecule has 3 aromatic rings. The van der Waals surface area contributed by atoms with Gasteiger partial charge in [-0.2, -0.15) is 5.26 Å². The van der Waals surface area contributed by atoms with Crippen LogP contribution in [0.3, 0.4) is 0 Å². The number of nitriles is 1. The second-order valence-corrected chi connectivity index (χ2v) is 10.9. The van der Waals surface area contributed by atoms with Crippen LogP contribution in [-0.2, 0) is 5.41 Å². The average Bonchev–Trinajstić information content (AvgIpc) is 2.88. The summed E-state index contributed by atoms with van der Waals surface area (Å²) in [7, 11) is 0. The molecule has 0 radical (unpaired) electrons. The molecule has 0 unspecified atom stereocenters. The summed E-state index contributed by atoms with van der Waals surface area (Å²) < 4.78 is 44.7. The number of hydrogen-bond donors (Lipinski definition) is 3. The monoisotopic (exact) mass is 537 g/mol. The Morgan fingerprint density at radius 3 is 2.46 bits per heavy atom. The number of nitrogens with two attached hydrogens (primary N) is 1. The van der Waals surface area contributed by atoms with Gasteiger partial charge in [0.05, 0.1) is 34.5 Å². The standard InChI is InChI=1S/C29H30F3N5O2/c1-15-9-16(10-24(34)29(15,4)39)18-7-8-35-13-23(18)37-27(38)22-6-5-19(30)26(36-22)25-20(31)11-17(12-21(25)32)28(2,3)14-33/h5-8,11-13,15-16,24,39H,9-10,34H2,1-4H3,(H,37,38)/t15-,16+,24+,29+/m0/s1. The molecule has 10 heteroatoms. The Labute approximate surface area is 224 Å². The summed E-state index contributed by atoms with van der Waals surface area (Å²) in [5.41, 5.74) is 3.63. The molecule has 2 heterocycles. The van der Waals surface area contributed by atoms with Crippen molar-refractivity contribution < 1.29 is 23.1 Å². The fraction of sp³-hybridized carbons (Fsp3) is 0.379. The Morgan fingerprint density at radius 1 is 1.18 bits per heavy atom. The molecule has 4 rings (SSSR count). The van der Waals surface area contributed by atoms with Gasteiger partial charge in [-0.15, -0.1) is 0 Å². The highest BCUT2D eigenvalue weighted by Crippen LogP contribution is 2.43. The van der Waals surface area contributed by atoms with Crippen molar-refractivity contribution in [3.05, 3.63) is 77.0 Å². The molecule has 4 atom stereocenters. The lowest BCUT2D eigenvalue weighted by Gasteiger charge is -2.44. The number of carbonyl (C=O) groups is 1. The van der Waals surface area contributed by atoms with Crippen LogP contribution >= 0.6 is 0 Å². The molecule has 204 valence electrons. The first-order chi connectivity index (χ1) is 18.3. The van der Waals surface area contributed by atoms with Crippen LogP contribution in [0.1, 0.15) is 68.1 Å². The van der Waals surface area contributed by atoms with Crippen LogP contribution in [0.15, 0.2) is 42.7 Å². The molecule has 4 N–H and O–H groups in total. The molecule has 1 fully saturated rings. The maximum Gasteiger partial charge on any atom is 0.274 e. The normalized spacial score (nSPS) is 23.2. The van der Waals surface area contributed by atoms with Gasteiger partial charge in [0.1, 0.15) is 28.8 Å². The Bertz CT molecular complexity index is 1430. The van der Waals surface area contributed by atoms with E-state index in [9.17, 15) is 19.6 Å². The molecular formula is C29H30F3N5O2. The third-order valence-corrected chi connectivity index (χ3v) is 7.83. The van der Waals surface area contributed by atoms with E-state index in [2.05, 4.69) is 15.3 Å². The van der Waals surface area contributed by atoms with Crippen molar-refractivity contribution in [2.24, 2.45) is 11.7 Å². The fourth-order valence-electron chi connectivity index (χ4n) is 4.95. The highest BCUT2D eigenvalue weighted by molar-refractivity contribution is 6.03. The number of benzene rings is 1. The molecule has 1 aromatic carbocycles. The number of halogens is 3. The minimum Gasteiger partial charge on any atom is -0.388 e. The molecule has 1 aliphatic rings. The molecule has 7 nitrogen and oxygen atoms in total. The van der Waals surface area contributed by atoms with Gasteiger partial charge in [-0.3, -0.25) is 9.78 Å². The molecular weight excluding hydrogens is 507 g/mol. The number of aliphatic hydroxyl groups is 1. The highest BCUT2D eigenvalue weighted by Gasteiger charge is 2.42. The summed E-state index contributed by atoms with van der Waals surface area (Å²) >= 11 is 0. The molecule has 0 aliphatic heterocycles. The van der Waals surface area contributed by atoms with Crippen LogP contribution in [0.4, 0.5) is 18.9 Å². The Kier molecular flexibility index (Phi) is 7.52. The van der Waals surface area contributed by atoms with Crippen LogP contribution in [-0.4, -0.2) is 32.6 Å². The topological polar surface area (TPSA) is 125 Å². The smallest absolute Gasteiger partial charge is 0.274 e. The summed E-state index contributed by atoms with van der Waals surface area (Å²) in [5, 5.41) is 22.7. The molecule has 39 heavy (non-hydrogen) atoms. The number of rotatable bonds is 5. The number of amides is 1.